The van der Waals surface area contributed by atoms with E-state index in [1.807, 2.05) is 42.5 Å². The molecule has 0 radical (unpaired) electrons. The summed E-state index contributed by atoms with van der Waals surface area (Å²) in [7, 11) is 0.714. The molecule has 1 aliphatic rings. The van der Waals surface area contributed by atoms with Crippen LogP contribution in [0.15, 0.2) is 69.9 Å². The molecule has 6 nitrogen and oxygen atoms in total. The van der Waals surface area contributed by atoms with E-state index in [0.717, 1.165) is 66.9 Å². The summed E-state index contributed by atoms with van der Waals surface area (Å²) in [5, 5.41) is 2.12. The molecule has 8 heteroatoms. The largest absolute Gasteiger partial charge is 0.316 e. The normalized spacial score (nSPS) is 16.1. The smallest absolute Gasteiger partial charge is 0.243 e. The molecule has 182 valence electrons. The van der Waals surface area contributed by atoms with Gasteiger partial charge in [-0.3, -0.25) is 0 Å². The summed E-state index contributed by atoms with van der Waals surface area (Å²) < 4.78 is 30.2. The van der Waals surface area contributed by atoms with Gasteiger partial charge in [-0.1, -0.05) is 43.2 Å². The minimum atomic E-state index is -3.45. The van der Waals surface area contributed by atoms with E-state index in [-0.39, 0.29) is 0 Å². The maximum atomic E-state index is 13.2. The van der Waals surface area contributed by atoms with Gasteiger partial charge in [0.2, 0.25) is 10.0 Å². The van der Waals surface area contributed by atoms with Gasteiger partial charge in [-0.05, 0) is 69.7 Å². The van der Waals surface area contributed by atoms with Crippen molar-refractivity contribution in [1.82, 2.24) is 13.8 Å². The van der Waals surface area contributed by atoms with Crippen molar-refractivity contribution in [1.29, 1.82) is 0 Å². The Morgan fingerprint density at radius 1 is 0.941 bits per heavy atom. The molecule has 0 bridgehead atoms. The molecule has 0 spiro atoms. The molecule has 4 rings (SSSR count). The van der Waals surface area contributed by atoms with Crippen LogP contribution in [0, 0.1) is 0 Å². The van der Waals surface area contributed by atoms with Crippen molar-refractivity contribution >= 4 is 27.0 Å². The second kappa shape index (κ2) is 11.4. The monoisotopic (exact) mass is 498 g/mol. The molecular formula is C26H34N4O2S2. The van der Waals surface area contributed by atoms with Crippen LogP contribution in [0.2, 0.25) is 0 Å². The number of hydrogen-bond acceptors (Lipinski definition) is 5. The summed E-state index contributed by atoms with van der Waals surface area (Å²) in [6.07, 6.45) is 5.08. The van der Waals surface area contributed by atoms with Gasteiger partial charge in [0.1, 0.15) is 0 Å². The fourth-order valence-corrected chi connectivity index (χ4v) is 6.72. The van der Waals surface area contributed by atoms with E-state index in [2.05, 4.69) is 28.9 Å². The molecular weight excluding hydrogens is 464 g/mol. The minimum Gasteiger partial charge on any atom is -0.316 e. The summed E-state index contributed by atoms with van der Waals surface area (Å²) in [6, 6.07) is 17.4. The number of aromatic nitrogens is 1. The maximum Gasteiger partial charge on any atom is 0.243 e. The van der Waals surface area contributed by atoms with Crippen LogP contribution in [0.4, 0.5) is 5.69 Å². The molecule has 0 unspecified atom stereocenters. The van der Waals surface area contributed by atoms with Crippen molar-refractivity contribution < 1.29 is 8.42 Å². The van der Waals surface area contributed by atoms with Gasteiger partial charge in [-0.2, -0.15) is 4.31 Å². The Balaban J connectivity index is 1.65. The fraction of sp³-hybridized carbons (Fsp3) is 0.423. The Kier molecular flexibility index (Phi) is 8.37. The van der Waals surface area contributed by atoms with Crippen molar-refractivity contribution in [3.63, 3.8) is 0 Å². The lowest BCUT2D eigenvalue weighted by atomic mass is 10.2. The second-order valence-electron chi connectivity index (χ2n) is 9.00. The third-order valence-electron chi connectivity index (χ3n) is 6.12. The second-order valence-corrected chi connectivity index (χ2v) is 11.8. The predicted molar refractivity (Wildman–Crippen MR) is 140 cm³/mol. The lowest BCUT2D eigenvalue weighted by Crippen LogP contribution is -2.31. The van der Waals surface area contributed by atoms with Gasteiger partial charge in [0.05, 0.1) is 16.3 Å². The molecule has 1 aliphatic heterocycles. The van der Waals surface area contributed by atoms with E-state index >= 15 is 0 Å². The van der Waals surface area contributed by atoms with E-state index in [0.29, 0.717) is 18.0 Å². The van der Waals surface area contributed by atoms with Crippen molar-refractivity contribution in [3.05, 3.63) is 64.8 Å². The van der Waals surface area contributed by atoms with Crippen molar-refractivity contribution in [3.8, 4) is 11.3 Å². The summed E-state index contributed by atoms with van der Waals surface area (Å²) in [5.74, 6) is 0. The Bertz CT molecular complexity index is 1220. The van der Waals surface area contributed by atoms with Gasteiger partial charge in [-0.25, -0.2) is 13.4 Å². The SMILES string of the molecule is CN(C)CCCn1c(-c2ccc(S(=O)(=O)N3CCCCCC3)cc2)csc1=Nc1ccccc1. The van der Waals surface area contributed by atoms with Crippen LogP contribution in [0.25, 0.3) is 11.3 Å². The van der Waals surface area contributed by atoms with E-state index < -0.39 is 10.0 Å². The molecule has 0 saturated carbocycles. The number of benzene rings is 2. The molecule has 0 aliphatic carbocycles. The van der Waals surface area contributed by atoms with Crippen LogP contribution in [-0.2, 0) is 16.6 Å². The van der Waals surface area contributed by atoms with E-state index in [1.54, 1.807) is 27.8 Å². The van der Waals surface area contributed by atoms with Crippen LogP contribution in [0.5, 0.6) is 0 Å². The van der Waals surface area contributed by atoms with Crippen molar-refractivity contribution in [2.24, 2.45) is 4.99 Å². The summed E-state index contributed by atoms with van der Waals surface area (Å²) >= 11 is 1.62. The highest BCUT2D eigenvalue weighted by Gasteiger charge is 2.25. The molecule has 2 heterocycles. The summed E-state index contributed by atoms with van der Waals surface area (Å²) in [6.45, 7) is 3.06. The van der Waals surface area contributed by atoms with E-state index in [1.165, 1.54) is 0 Å². The van der Waals surface area contributed by atoms with Crippen LogP contribution in [-0.4, -0.2) is 55.9 Å². The zero-order chi connectivity index (χ0) is 24.0. The molecule has 1 fully saturated rings. The Labute approximate surface area is 207 Å². The third-order valence-corrected chi connectivity index (χ3v) is 8.90. The first kappa shape index (κ1) is 24.9. The average Bonchev–Trinajstić information content (AvgIpc) is 3.03. The van der Waals surface area contributed by atoms with Crippen LogP contribution in [0.3, 0.4) is 0 Å². The minimum absolute atomic E-state index is 0.377. The Hall–Kier alpha value is -2.26. The van der Waals surface area contributed by atoms with E-state index in [9.17, 15) is 8.42 Å². The average molecular weight is 499 g/mol. The maximum absolute atomic E-state index is 13.2. The fourth-order valence-electron chi connectivity index (χ4n) is 4.25. The molecule has 34 heavy (non-hydrogen) atoms. The first-order chi connectivity index (χ1) is 16.4. The molecule has 1 aromatic heterocycles. The summed E-state index contributed by atoms with van der Waals surface area (Å²) in [5.41, 5.74) is 3.00. The Morgan fingerprint density at radius 2 is 1.62 bits per heavy atom. The summed E-state index contributed by atoms with van der Waals surface area (Å²) in [4.78, 5) is 8.38. The first-order valence-electron chi connectivity index (χ1n) is 12.0. The topological polar surface area (TPSA) is 57.9 Å². The number of para-hydroxylation sites is 1. The number of thiazole rings is 1. The number of nitrogens with zero attached hydrogens (tertiary/aromatic N) is 4. The standard InChI is InChI=1S/C26H34N4O2S2/c1-28(2)17-10-20-30-25(21-33-26(30)27-23-11-6-5-7-12-23)22-13-15-24(16-14-22)34(31,32)29-18-8-3-4-9-19-29/h5-7,11-16,21H,3-4,8-10,17-20H2,1-2H3. The third kappa shape index (κ3) is 6.05. The van der Waals surface area contributed by atoms with Crippen LogP contribution < -0.4 is 4.80 Å². The van der Waals surface area contributed by atoms with Crippen molar-refractivity contribution in [2.75, 3.05) is 33.7 Å². The highest BCUT2D eigenvalue weighted by atomic mass is 32.2. The highest BCUT2D eigenvalue weighted by Crippen LogP contribution is 2.25. The van der Waals surface area contributed by atoms with Gasteiger partial charge in [0.15, 0.2) is 4.80 Å². The molecule has 3 aromatic rings. The molecule has 0 N–H and O–H groups in total. The first-order valence-corrected chi connectivity index (χ1v) is 14.3. The predicted octanol–water partition coefficient (Wildman–Crippen LogP) is 4.97. The highest BCUT2D eigenvalue weighted by molar-refractivity contribution is 7.89. The van der Waals surface area contributed by atoms with Crippen molar-refractivity contribution in [2.45, 2.75) is 43.5 Å². The van der Waals surface area contributed by atoms with Gasteiger partial charge in [0.25, 0.3) is 0 Å². The zero-order valence-electron chi connectivity index (χ0n) is 20.1. The van der Waals surface area contributed by atoms with Crippen LogP contribution in [0.1, 0.15) is 32.1 Å². The number of hydrogen-bond donors (Lipinski definition) is 0. The van der Waals surface area contributed by atoms with Gasteiger partial charge < -0.3 is 9.47 Å². The molecule has 0 amide bonds. The quantitative estimate of drug-likeness (QED) is 0.441. The molecule has 1 saturated heterocycles. The molecule has 0 atom stereocenters. The number of sulfonamides is 1. The van der Waals surface area contributed by atoms with Crippen LogP contribution >= 0.6 is 11.3 Å². The van der Waals surface area contributed by atoms with Gasteiger partial charge in [0, 0.05) is 25.0 Å². The Morgan fingerprint density at radius 3 is 2.26 bits per heavy atom. The number of rotatable bonds is 8. The van der Waals surface area contributed by atoms with Gasteiger partial charge in [-0.15, -0.1) is 11.3 Å². The van der Waals surface area contributed by atoms with E-state index in [4.69, 9.17) is 4.99 Å². The zero-order valence-corrected chi connectivity index (χ0v) is 21.7. The van der Waals surface area contributed by atoms with Gasteiger partial charge >= 0.3 is 0 Å². The molecule has 2 aromatic carbocycles. The lowest BCUT2D eigenvalue weighted by Gasteiger charge is -2.20. The lowest BCUT2D eigenvalue weighted by molar-refractivity contribution is 0.386.